The van der Waals surface area contributed by atoms with Crippen LogP contribution < -0.4 is 5.32 Å². The molecule has 1 N–H and O–H groups in total. The van der Waals surface area contributed by atoms with E-state index in [1.807, 2.05) is 35.2 Å². The number of nitrogens with zero attached hydrogens (tertiary/aromatic N) is 3. The first-order valence-corrected chi connectivity index (χ1v) is 10.2. The van der Waals surface area contributed by atoms with E-state index in [1.165, 1.54) is 0 Å². The smallest absolute Gasteiger partial charge is 0.253 e. The second-order valence-electron chi connectivity index (χ2n) is 7.58. The Hall–Kier alpha value is -2.74. The van der Waals surface area contributed by atoms with Gasteiger partial charge in [-0.25, -0.2) is 0 Å². The Kier molecular flexibility index (Phi) is 6.19. The van der Waals surface area contributed by atoms with Crippen LogP contribution in [0.15, 0.2) is 34.9 Å². The normalized spacial score (nSPS) is 18.6. The van der Waals surface area contributed by atoms with Crippen molar-refractivity contribution in [1.29, 1.82) is 0 Å². The molecule has 0 spiro atoms. The largest absolute Gasteiger partial charge is 0.381 e. The summed E-state index contributed by atoms with van der Waals surface area (Å²) in [7, 11) is 0. The van der Waals surface area contributed by atoms with Crippen molar-refractivity contribution < 1.29 is 18.8 Å². The van der Waals surface area contributed by atoms with Gasteiger partial charge in [-0.05, 0) is 37.8 Å². The molecule has 0 atom stereocenters. The van der Waals surface area contributed by atoms with Crippen LogP contribution in [0, 0.1) is 5.92 Å². The quantitative estimate of drug-likeness (QED) is 0.829. The predicted molar refractivity (Wildman–Crippen MR) is 104 cm³/mol. The van der Waals surface area contributed by atoms with Crippen LogP contribution in [0.2, 0.25) is 0 Å². The number of nitrogens with one attached hydrogen (secondary N) is 1. The van der Waals surface area contributed by atoms with E-state index in [9.17, 15) is 9.59 Å². The molecule has 2 aromatic rings. The molecule has 1 aromatic carbocycles. The molecular formula is C21H26N4O4. The summed E-state index contributed by atoms with van der Waals surface area (Å²) in [6.45, 7) is 2.84. The van der Waals surface area contributed by atoms with E-state index in [4.69, 9.17) is 9.26 Å². The van der Waals surface area contributed by atoms with Gasteiger partial charge >= 0.3 is 0 Å². The second-order valence-corrected chi connectivity index (χ2v) is 7.58. The van der Waals surface area contributed by atoms with Gasteiger partial charge in [0, 0.05) is 43.7 Å². The highest BCUT2D eigenvalue weighted by molar-refractivity contribution is 5.94. The van der Waals surface area contributed by atoms with Crippen LogP contribution in [0.5, 0.6) is 0 Å². The van der Waals surface area contributed by atoms with E-state index < -0.39 is 0 Å². The van der Waals surface area contributed by atoms with Crippen LogP contribution in [0.25, 0.3) is 0 Å². The number of carbonyl (C=O) groups excluding carboxylic acids is 2. The van der Waals surface area contributed by atoms with Crippen molar-refractivity contribution in [2.24, 2.45) is 5.92 Å². The monoisotopic (exact) mass is 398 g/mol. The number of aromatic nitrogens is 2. The minimum absolute atomic E-state index is 0.0240. The highest BCUT2D eigenvalue weighted by atomic mass is 16.5. The lowest BCUT2D eigenvalue weighted by molar-refractivity contribution is -0.126. The van der Waals surface area contributed by atoms with Gasteiger partial charge in [0.25, 0.3) is 5.91 Å². The van der Waals surface area contributed by atoms with Gasteiger partial charge in [-0.15, -0.1) is 0 Å². The minimum atomic E-state index is -0.104. The van der Waals surface area contributed by atoms with Gasteiger partial charge < -0.3 is 19.5 Å². The van der Waals surface area contributed by atoms with Crippen LogP contribution in [-0.4, -0.2) is 53.2 Å². The van der Waals surface area contributed by atoms with E-state index >= 15 is 0 Å². The third kappa shape index (κ3) is 4.82. The van der Waals surface area contributed by atoms with E-state index in [-0.39, 0.29) is 30.2 Å². The van der Waals surface area contributed by atoms with Crippen LogP contribution in [0.4, 0.5) is 0 Å². The molecule has 1 aromatic heterocycles. The van der Waals surface area contributed by atoms with Crippen molar-refractivity contribution >= 4 is 11.8 Å². The fraction of sp³-hybridized carbons (Fsp3) is 0.524. The maximum atomic E-state index is 12.5. The number of likely N-dealkylation sites (tertiary alicyclic amines) is 1. The van der Waals surface area contributed by atoms with E-state index in [0.29, 0.717) is 43.2 Å². The molecule has 2 fully saturated rings. The number of carbonyl (C=O) groups is 2. The lowest BCUT2D eigenvalue weighted by Crippen LogP contribution is -2.42. The van der Waals surface area contributed by atoms with Crippen molar-refractivity contribution in [3.8, 4) is 0 Å². The molecule has 0 unspecified atom stereocenters. The third-order valence-corrected chi connectivity index (χ3v) is 5.66. The first-order chi connectivity index (χ1) is 14.2. The molecule has 2 aliphatic heterocycles. The fourth-order valence-electron chi connectivity index (χ4n) is 3.88. The molecule has 2 amide bonds. The van der Waals surface area contributed by atoms with Crippen molar-refractivity contribution in [2.45, 2.75) is 38.1 Å². The van der Waals surface area contributed by atoms with Crippen LogP contribution in [-0.2, 0) is 16.1 Å². The summed E-state index contributed by atoms with van der Waals surface area (Å²) >= 11 is 0. The zero-order valence-electron chi connectivity index (χ0n) is 16.4. The van der Waals surface area contributed by atoms with Gasteiger partial charge in [0.1, 0.15) is 0 Å². The lowest BCUT2D eigenvalue weighted by Gasteiger charge is -2.31. The van der Waals surface area contributed by atoms with Gasteiger partial charge in [0.05, 0.1) is 6.54 Å². The van der Waals surface area contributed by atoms with Crippen molar-refractivity contribution in [1.82, 2.24) is 20.4 Å². The molecule has 0 saturated carbocycles. The Morgan fingerprint density at radius 1 is 1.07 bits per heavy atom. The number of rotatable bonds is 5. The van der Waals surface area contributed by atoms with Crippen molar-refractivity contribution in [3.63, 3.8) is 0 Å². The summed E-state index contributed by atoms with van der Waals surface area (Å²) in [5.41, 5.74) is 0.687. The first-order valence-electron chi connectivity index (χ1n) is 10.2. The van der Waals surface area contributed by atoms with E-state index in [1.54, 1.807) is 0 Å². The number of hydrogen-bond acceptors (Lipinski definition) is 6. The number of hydrogen-bond donors (Lipinski definition) is 1. The zero-order valence-corrected chi connectivity index (χ0v) is 16.4. The Labute approximate surface area is 169 Å². The average Bonchev–Trinajstić information content (AvgIpc) is 3.27. The number of amides is 2. The van der Waals surface area contributed by atoms with E-state index in [0.717, 1.165) is 26.1 Å². The van der Waals surface area contributed by atoms with Crippen molar-refractivity contribution in [2.75, 3.05) is 26.3 Å². The van der Waals surface area contributed by atoms with Crippen molar-refractivity contribution in [3.05, 3.63) is 47.6 Å². The molecule has 8 nitrogen and oxygen atoms in total. The maximum Gasteiger partial charge on any atom is 0.253 e. The summed E-state index contributed by atoms with van der Waals surface area (Å²) in [6.07, 6.45) is 3.10. The molecule has 8 heteroatoms. The molecule has 0 aliphatic carbocycles. The van der Waals surface area contributed by atoms with E-state index in [2.05, 4.69) is 15.5 Å². The molecule has 0 radical (unpaired) electrons. The summed E-state index contributed by atoms with van der Waals surface area (Å²) in [5, 5.41) is 6.95. The summed E-state index contributed by atoms with van der Waals surface area (Å²) in [4.78, 5) is 31.3. The van der Waals surface area contributed by atoms with Gasteiger partial charge in [-0.2, -0.15) is 4.98 Å². The highest BCUT2D eigenvalue weighted by Gasteiger charge is 2.28. The second kappa shape index (κ2) is 9.17. The number of ether oxygens (including phenoxy) is 1. The molecular weight excluding hydrogens is 372 g/mol. The fourth-order valence-corrected chi connectivity index (χ4v) is 3.88. The Bertz CT molecular complexity index is 824. The molecule has 2 saturated heterocycles. The SMILES string of the molecule is O=C(NCc1nc(C2CCOCC2)no1)C1CCN(C(=O)c2ccccc2)CC1. The number of benzene rings is 1. The van der Waals surface area contributed by atoms with Gasteiger partial charge in [0.2, 0.25) is 11.8 Å². The molecule has 29 heavy (non-hydrogen) atoms. The summed E-state index contributed by atoms with van der Waals surface area (Å²) < 4.78 is 10.6. The number of piperidine rings is 1. The Morgan fingerprint density at radius 3 is 2.52 bits per heavy atom. The molecule has 4 rings (SSSR count). The van der Waals surface area contributed by atoms with Crippen LogP contribution in [0.3, 0.4) is 0 Å². The van der Waals surface area contributed by atoms with Crippen LogP contribution in [0.1, 0.15) is 53.7 Å². The summed E-state index contributed by atoms with van der Waals surface area (Å²) in [5.74, 6) is 1.29. The Balaban J connectivity index is 1.23. The maximum absolute atomic E-state index is 12.5. The zero-order chi connectivity index (χ0) is 20.1. The molecule has 3 heterocycles. The Morgan fingerprint density at radius 2 is 1.79 bits per heavy atom. The lowest BCUT2D eigenvalue weighted by atomic mass is 9.95. The standard InChI is InChI=1S/C21H26N4O4/c26-20(22-14-18-23-19(24-29-18)15-8-12-28-13-9-15)16-6-10-25(11-7-16)21(27)17-4-2-1-3-5-17/h1-5,15-16H,6-14H2,(H,22,26). The average molecular weight is 398 g/mol. The highest BCUT2D eigenvalue weighted by Crippen LogP contribution is 2.24. The van der Waals surface area contributed by atoms with Gasteiger partial charge in [0.15, 0.2) is 5.82 Å². The third-order valence-electron chi connectivity index (χ3n) is 5.66. The first kappa shape index (κ1) is 19.6. The molecule has 2 aliphatic rings. The molecule has 0 bridgehead atoms. The van der Waals surface area contributed by atoms with Crippen LogP contribution >= 0.6 is 0 Å². The minimum Gasteiger partial charge on any atom is -0.381 e. The predicted octanol–water partition coefficient (Wildman–Crippen LogP) is 2.13. The summed E-state index contributed by atoms with van der Waals surface area (Å²) in [6, 6.07) is 9.25. The topological polar surface area (TPSA) is 97.6 Å². The van der Waals surface area contributed by atoms with Gasteiger partial charge in [-0.3, -0.25) is 9.59 Å². The molecule has 154 valence electrons. The van der Waals surface area contributed by atoms with Gasteiger partial charge in [-0.1, -0.05) is 23.4 Å².